The molecule has 1 unspecified atom stereocenters. The van der Waals surface area contributed by atoms with E-state index in [9.17, 15) is 14.7 Å². The van der Waals surface area contributed by atoms with Crippen molar-refractivity contribution in [3.05, 3.63) is 99.3 Å². The van der Waals surface area contributed by atoms with Crippen LogP contribution in [0, 0.1) is 13.8 Å². The second-order valence-corrected chi connectivity index (χ2v) is 8.14. The highest BCUT2D eigenvalue weighted by Crippen LogP contribution is 2.42. The van der Waals surface area contributed by atoms with E-state index >= 15 is 0 Å². The van der Waals surface area contributed by atoms with Gasteiger partial charge in [0.05, 0.1) is 11.3 Å². The summed E-state index contributed by atoms with van der Waals surface area (Å²) in [6.45, 7) is 3.81. The Balaban J connectivity index is 1.97. The number of aromatic nitrogens is 1. The molecule has 1 aliphatic rings. The Morgan fingerprint density at radius 3 is 2.43 bits per heavy atom. The zero-order valence-corrected chi connectivity index (χ0v) is 18.1. The van der Waals surface area contributed by atoms with Crippen LogP contribution in [0.25, 0.3) is 5.76 Å². The molecule has 3 aromatic rings. The normalized spacial score (nSPS) is 18.1. The number of ketones is 1. The average Bonchev–Trinajstić information content (AvgIpc) is 3.01. The second-order valence-electron chi connectivity index (χ2n) is 7.22. The Hall–Kier alpha value is -3.25. The Morgan fingerprint density at radius 1 is 1.03 bits per heavy atom. The van der Waals surface area contributed by atoms with E-state index < -0.39 is 17.7 Å². The maximum Gasteiger partial charge on any atom is 0.300 e. The quantitative estimate of drug-likeness (QED) is 0.334. The van der Waals surface area contributed by atoms with Gasteiger partial charge in [0.15, 0.2) is 0 Å². The molecule has 1 atom stereocenters. The first-order chi connectivity index (χ1) is 14.4. The fourth-order valence-electron chi connectivity index (χ4n) is 3.64. The number of aryl methyl sites for hydroxylation is 2. The maximum atomic E-state index is 13.1. The van der Waals surface area contributed by atoms with Crippen molar-refractivity contribution >= 4 is 39.1 Å². The molecule has 30 heavy (non-hydrogen) atoms. The van der Waals surface area contributed by atoms with Crippen molar-refractivity contribution in [2.24, 2.45) is 0 Å². The van der Waals surface area contributed by atoms with Crippen molar-refractivity contribution in [3.8, 4) is 0 Å². The number of aliphatic hydroxyl groups excluding tert-OH is 1. The molecule has 0 radical (unpaired) electrons. The Bertz CT molecular complexity index is 1170. The van der Waals surface area contributed by atoms with E-state index in [-0.39, 0.29) is 11.3 Å². The lowest BCUT2D eigenvalue weighted by molar-refractivity contribution is -0.132. The standard InChI is InChI=1S/C24H19BrN2O3/c1-14-6-7-15(2)19(13-14)27-21(18-5-3-4-12-26-18)20(23(29)24(27)30)22(28)16-8-10-17(25)11-9-16/h3-13,21,28H,1-2H3/b22-20+. The largest absolute Gasteiger partial charge is 0.507 e. The van der Waals surface area contributed by atoms with Crippen LogP contribution in [-0.2, 0) is 9.59 Å². The van der Waals surface area contributed by atoms with E-state index in [2.05, 4.69) is 20.9 Å². The highest BCUT2D eigenvalue weighted by molar-refractivity contribution is 9.10. The number of halogens is 1. The van der Waals surface area contributed by atoms with Crippen molar-refractivity contribution in [1.29, 1.82) is 0 Å². The van der Waals surface area contributed by atoms with Crippen LogP contribution in [-0.4, -0.2) is 21.8 Å². The van der Waals surface area contributed by atoms with E-state index in [4.69, 9.17) is 0 Å². The Labute approximate surface area is 182 Å². The topological polar surface area (TPSA) is 70.5 Å². The fraction of sp³-hybridized carbons (Fsp3) is 0.125. The van der Waals surface area contributed by atoms with E-state index in [1.165, 1.54) is 4.90 Å². The number of aliphatic hydroxyl groups is 1. The fourth-order valence-corrected chi connectivity index (χ4v) is 3.91. The highest BCUT2D eigenvalue weighted by atomic mass is 79.9. The number of benzene rings is 2. The van der Waals surface area contributed by atoms with Crippen LogP contribution in [0.2, 0.25) is 0 Å². The summed E-state index contributed by atoms with van der Waals surface area (Å²) in [4.78, 5) is 32.1. The SMILES string of the molecule is Cc1ccc(C)c(N2C(=O)C(=O)/C(=C(/O)c3ccc(Br)cc3)C2c2ccccn2)c1. The lowest BCUT2D eigenvalue weighted by Gasteiger charge is -2.26. The van der Waals surface area contributed by atoms with Crippen molar-refractivity contribution in [2.45, 2.75) is 19.9 Å². The lowest BCUT2D eigenvalue weighted by Crippen LogP contribution is -2.30. The molecule has 1 fully saturated rings. The van der Waals surface area contributed by atoms with Gasteiger partial charge in [-0.2, -0.15) is 0 Å². The molecule has 0 saturated carbocycles. The van der Waals surface area contributed by atoms with Crippen molar-refractivity contribution in [1.82, 2.24) is 4.98 Å². The van der Waals surface area contributed by atoms with Gasteiger partial charge in [-0.25, -0.2) is 0 Å². The van der Waals surface area contributed by atoms with Gasteiger partial charge >= 0.3 is 0 Å². The van der Waals surface area contributed by atoms with Crippen LogP contribution in [0.3, 0.4) is 0 Å². The molecule has 0 aliphatic carbocycles. The number of nitrogens with zero attached hydrogens (tertiary/aromatic N) is 2. The minimum absolute atomic E-state index is 0.0296. The third-order valence-electron chi connectivity index (χ3n) is 5.15. The summed E-state index contributed by atoms with van der Waals surface area (Å²) in [5, 5.41) is 11.1. The molecule has 1 saturated heterocycles. The minimum atomic E-state index is -0.824. The molecule has 1 aromatic heterocycles. The van der Waals surface area contributed by atoms with Crippen LogP contribution < -0.4 is 4.90 Å². The van der Waals surface area contributed by atoms with Crippen molar-refractivity contribution in [2.75, 3.05) is 4.90 Å². The van der Waals surface area contributed by atoms with Gasteiger partial charge in [-0.1, -0.05) is 46.3 Å². The summed E-state index contributed by atoms with van der Waals surface area (Å²) in [6.07, 6.45) is 1.61. The first kappa shape index (κ1) is 20.0. The average molecular weight is 463 g/mol. The summed E-state index contributed by atoms with van der Waals surface area (Å²) in [5.74, 6) is -1.63. The summed E-state index contributed by atoms with van der Waals surface area (Å²) >= 11 is 3.37. The van der Waals surface area contributed by atoms with E-state index in [0.29, 0.717) is 16.9 Å². The molecule has 2 heterocycles. The third kappa shape index (κ3) is 3.44. The predicted octanol–water partition coefficient (Wildman–Crippen LogP) is 5.09. The van der Waals surface area contributed by atoms with Gasteiger partial charge < -0.3 is 5.11 Å². The van der Waals surface area contributed by atoms with Crippen molar-refractivity contribution < 1.29 is 14.7 Å². The number of anilines is 1. The Morgan fingerprint density at radius 2 is 1.77 bits per heavy atom. The van der Waals surface area contributed by atoms with Crippen LogP contribution >= 0.6 is 15.9 Å². The molecular weight excluding hydrogens is 444 g/mol. The monoisotopic (exact) mass is 462 g/mol. The summed E-state index contributed by atoms with van der Waals surface area (Å²) < 4.78 is 0.844. The number of carbonyl (C=O) groups is 2. The predicted molar refractivity (Wildman–Crippen MR) is 119 cm³/mol. The molecular formula is C24H19BrN2O3. The molecule has 1 amide bonds. The number of pyridine rings is 1. The molecule has 6 heteroatoms. The summed E-state index contributed by atoms with van der Waals surface area (Å²) in [5.41, 5.74) is 3.44. The zero-order valence-electron chi connectivity index (χ0n) is 16.5. The van der Waals surface area contributed by atoms with Crippen LogP contribution in [0.4, 0.5) is 5.69 Å². The van der Waals surface area contributed by atoms with Gasteiger partial charge in [0.25, 0.3) is 11.7 Å². The lowest BCUT2D eigenvalue weighted by atomic mass is 9.98. The van der Waals surface area contributed by atoms with E-state index in [1.807, 2.05) is 32.0 Å². The number of hydrogen-bond donors (Lipinski definition) is 1. The molecule has 2 aromatic carbocycles. The molecule has 0 spiro atoms. The van der Waals surface area contributed by atoms with Crippen molar-refractivity contribution in [3.63, 3.8) is 0 Å². The third-order valence-corrected chi connectivity index (χ3v) is 5.68. The van der Waals surface area contributed by atoms with Gasteiger partial charge in [0.1, 0.15) is 11.8 Å². The number of carbonyl (C=O) groups excluding carboxylic acids is 2. The highest BCUT2D eigenvalue weighted by Gasteiger charge is 2.48. The summed E-state index contributed by atoms with van der Waals surface area (Å²) in [6, 6.07) is 17.2. The molecule has 4 rings (SSSR count). The molecule has 150 valence electrons. The maximum absolute atomic E-state index is 13.1. The van der Waals surface area contributed by atoms with Gasteiger partial charge in [0, 0.05) is 21.9 Å². The van der Waals surface area contributed by atoms with Crippen LogP contribution in [0.1, 0.15) is 28.4 Å². The van der Waals surface area contributed by atoms with E-state index in [0.717, 1.165) is 15.6 Å². The van der Waals surface area contributed by atoms with Crippen LogP contribution in [0.15, 0.2) is 76.9 Å². The first-order valence-electron chi connectivity index (χ1n) is 9.43. The number of rotatable bonds is 3. The smallest absolute Gasteiger partial charge is 0.300 e. The number of amides is 1. The van der Waals surface area contributed by atoms with Gasteiger partial charge in [-0.05, 0) is 55.3 Å². The molecule has 5 nitrogen and oxygen atoms in total. The molecule has 1 aliphatic heterocycles. The number of Topliss-reactive ketones (excluding diaryl/α,β-unsaturated/α-hetero) is 1. The number of hydrogen-bond acceptors (Lipinski definition) is 4. The van der Waals surface area contributed by atoms with Gasteiger partial charge in [-0.15, -0.1) is 0 Å². The molecule has 1 N–H and O–H groups in total. The zero-order chi connectivity index (χ0) is 21.4. The van der Waals surface area contributed by atoms with Gasteiger partial charge in [-0.3, -0.25) is 19.5 Å². The minimum Gasteiger partial charge on any atom is -0.507 e. The van der Waals surface area contributed by atoms with Crippen LogP contribution in [0.5, 0.6) is 0 Å². The Kier molecular flexibility index (Phi) is 5.26. The van der Waals surface area contributed by atoms with Gasteiger partial charge in [0.2, 0.25) is 0 Å². The molecule has 0 bridgehead atoms. The second kappa shape index (κ2) is 7.88. The van der Waals surface area contributed by atoms with E-state index in [1.54, 1.807) is 48.7 Å². The first-order valence-corrected chi connectivity index (χ1v) is 10.2. The summed E-state index contributed by atoms with van der Waals surface area (Å²) in [7, 11) is 0.